The predicted molar refractivity (Wildman–Crippen MR) is 84.4 cm³/mol. The molecule has 1 aliphatic carbocycles. The first-order valence-corrected chi connectivity index (χ1v) is 8.60. The highest BCUT2D eigenvalue weighted by Crippen LogP contribution is 2.30. The maximum atomic E-state index is 5.82. The molecule has 19 heavy (non-hydrogen) atoms. The highest BCUT2D eigenvalue weighted by Gasteiger charge is 2.29. The van der Waals surface area contributed by atoms with E-state index in [4.69, 9.17) is 5.73 Å². The molecule has 0 spiro atoms. The van der Waals surface area contributed by atoms with Gasteiger partial charge in [0.25, 0.3) is 0 Å². The van der Waals surface area contributed by atoms with Gasteiger partial charge in [-0.3, -0.25) is 4.90 Å². The van der Waals surface area contributed by atoms with Crippen molar-refractivity contribution in [3.63, 3.8) is 0 Å². The van der Waals surface area contributed by atoms with E-state index in [0.29, 0.717) is 6.04 Å². The van der Waals surface area contributed by atoms with Crippen molar-refractivity contribution in [1.82, 2.24) is 4.90 Å². The average Bonchev–Trinajstić information content (AvgIpc) is 3.07. The molecule has 0 bridgehead atoms. The summed E-state index contributed by atoms with van der Waals surface area (Å²) in [6.45, 7) is 6.90. The van der Waals surface area contributed by atoms with Crippen LogP contribution in [-0.2, 0) is 6.54 Å². The molecule has 1 aliphatic rings. The van der Waals surface area contributed by atoms with Crippen LogP contribution in [0.3, 0.4) is 0 Å². The van der Waals surface area contributed by atoms with Gasteiger partial charge in [-0.2, -0.15) is 11.3 Å². The van der Waals surface area contributed by atoms with E-state index in [2.05, 4.69) is 35.6 Å². The van der Waals surface area contributed by atoms with Crippen molar-refractivity contribution < 1.29 is 0 Å². The lowest BCUT2D eigenvalue weighted by Crippen LogP contribution is -2.30. The van der Waals surface area contributed by atoms with Crippen LogP contribution >= 0.6 is 11.3 Å². The van der Waals surface area contributed by atoms with Crippen LogP contribution in [0.5, 0.6) is 0 Å². The standard InChI is InChI=1S/C16H28N2S/c1-13(4-3-5-14(2)17)10-18(16-6-7-16)11-15-8-9-19-12-15/h8-9,12-14,16H,3-7,10-11,17H2,1-2H3. The number of nitrogens with two attached hydrogens (primary N) is 1. The second-order valence-electron chi connectivity index (χ2n) is 6.31. The van der Waals surface area contributed by atoms with Crippen LogP contribution in [0, 0.1) is 5.92 Å². The minimum atomic E-state index is 0.359. The van der Waals surface area contributed by atoms with Crippen molar-refractivity contribution in [2.24, 2.45) is 11.7 Å². The van der Waals surface area contributed by atoms with Crippen molar-refractivity contribution in [3.05, 3.63) is 22.4 Å². The fourth-order valence-corrected chi connectivity index (χ4v) is 3.34. The topological polar surface area (TPSA) is 29.3 Å². The average molecular weight is 280 g/mol. The van der Waals surface area contributed by atoms with Crippen LogP contribution in [0.2, 0.25) is 0 Å². The highest BCUT2D eigenvalue weighted by atomic mass is 32.1. The smallest absolute Gasteiger partial charge is 0.0245 e. The Balaban J connectivity index is 1.73. The molecule has 1 fully saturated rings. The van der Waals surface area contributed by atoms with E-state index < -0.39 is 0 Å². The quantitative estimate of drug-likeness (QED) is 0.744. The predicted octanol–water partition coefficient (Wildman–Crippen LogP) is 3.87. The normalized spacial score (nSPS) is 18.7. The molecule has 0 radical (unpaired) electrons. The zero-order chi connectivity index (χ0) is 13.7. The Labute approximate surface area is 122 Å². The number of hydrogen-bond acceptors (Lipinski definition) is 3. The summed E-state index contributed by atoms with van der Waals surface area (Å²) in [6.07, 6.45) is 6.55. The molecule has 2 unspecified atom stereocenters. The number of rotatable bonds is 9. The minimum Gasteiger partial charge on any atom is -0.328 e. The first-order valence-electron chi connectivity index (χ1n) is 7.66. The number of hydrogen-bond donors (Lipinski definition) is 1. The van der Waals surface area contributed by atoms with Crippen LogP contribution in [0.4, 0.5) is 0 Å². The molecule has 0 saturated heterocycles. The molecular weight excluding hydrogens is 252 g/mol. The van der Waals surface area contributed by atoms with Crippen LogP contribution in [-0.4, -0.2) is 23.5 Å². The van der Waals surface area contributed by atoms with Crippen molar-refractivity contribution in [2.75, 3.05) is 6.54 Å². The summed E-state index contributed by atoms with van der Waals surface area (Å²) < 4.78 is 0. The van der Waals surface area contributed by atoms with Crippen molar-refractivity contribution in [1.29, 1.82) is 0 Å². The van der Waals surface area contributed by atoms with Gasteiger partial charge in [-0.05, 0) is 60.9 Å². The maximum Gasteiger partial charge on any atom is 0.0245 e. The Morgan fingerprint density at radius 3 is 2.74 bits per heavy atom. The molecule has 2 rings (SSSR count). The molecule has 3 heteroatoms. The molecule has 2 N–H and O–H groups in total. The van der Waals surface area contributed by atoms with Gasteiger partial charge in [0.15, 0.2) is 0 Å². The second kappa shape index (κ2) is 7.41. The number of nitrogens with zero attached hydrogens (tertiary/aromatic N) is 1. The van der Waals surface area contributed by atoms with Gasteiger partial charge in [-0.15, -0.1) is 0 Å². The summed E-state index contributed by atoms with van der Waals surface area (Å²) in [5.41, 5.74) is 7.31. The molecule has 108 valence electrons. The van der Waals surface area contributed by atoms with Crippen LogP contribution in [0.15, 0.2) is 16.8 Å². The summed E-state index contributed by atoms with van der Waals surface area (Å²) in [4.78, 5) is 2.69. The Morgan fingerprint density at radius 2 is 2.16 bits per heavy atom. The molecular formula is C16H28N2S. The third kappa shape index (κ3) is 5.64. The molecule has 1 aromatic heterocycles. The highest BCUT2D eigenvalue weighted by molar-refractivity contribution is 7.07. The van der Waals surface area contributed by atoms with Gasteiger partial charge in [0.1, 0.15) is 0 Å². The lowest BCUT2D eigenvalue weighted by atomic mass is 10.0. The van der Waals surface area contributed by atoms with Gasteiger partial charge in [0.05, 0.1) is 0 Å². The van der Waals surface area contributed by atoms with Crippen molar-refractivity contribution in [3.8, 4) is 0 Å². The monoisotopic (exact) mass is 280 g/mol. The Bertz CT molecular complexity index is 344. The summed E-state index contributed by atoms with van der Waals surface area (Å²) in [7, 11) is 0. The summed E-state index contributed by atoms with van der Waals surface area (Å²) >= 11 is 1.81. The van der Waals surface area contributed by atoms with Crippen LogP contribution in [0.25, 0.3) is 0 Å². The summed E-state index contributed by atoms with van der Waals surface area (Å²) in [5.74, 6) is 0.790. The molecule has 2 atom stereocenters. The molecule has 0 aliphatic heterocycles. The van der Waals surface area contributed by atoms with Gasteiger partial charge in [0, 0.05) is 25.2 Å². The van der Waals surface area contributed by atoms with Crippen LogP contribution in [0.1, 0.15) is 51.5 Å². The van der Waals surface area contributed by atoms with Gasteiger partial charge >= 0.3 is 0 Å². The van der Waals surface area contributed by atoms with Crippen LogP contribution < -0.4 is 5.73 Å². The minimum absolute atomic E-state index is 0.359. The first kappa shape index (κ1) is 15.0. The molecule has 1 saturated carbocycles. The van der Waals surface area contributed by atoms with Crippen molar-refractivity contribution in [2.45, 2.75) is 64.6 Å². The van der Waals surface area contributed by atoms with E-state index in [-0.39, 0.29) is 0 Å². The van der Waals surface area contributed by atoms with E-state index >= 15 is 0 Å². The summed E-state index contributed by atoms with van der Waals surface area (Å²) in [6, 6.07) is 3.48. The molecule has 0 aromatic carbocycles. The number of thiophene rings is 1. The van der Waals surface area contributed by atoms with E-state index in [0.717, 1.165) is 24.9 Å². The Hall–Kier alpha value is -0.380. The van der Waals surface area contributed by atoms with Gasteiger partial charge in [-0.1, -0.05) is 13.3 Å². The third-order valence-electron chi connectivity index (χ3n) is 3.93. The zero-order valence-corrected chi connectivity index (χ0v) is 13.2. The van der Waals surface area contributed by atoms with E-state index in [9.17, 15) is 0 Å². The first-order chi connectivity index (χ1) is 9.15. The lowest BCUT2D eigenvalue weighted by molar-refractivity contribution is 0.212. The van der Waals surface area contributed by atoms with Gasteiger partial charge in [-0.25, -0.2) is 0 Å². The molecule has 0 amide bonds. The molecule has 2 nitrogen and oxygen atoms in total. The maximum absolute atomic E-state index is 5.82. The van der Waals surface area contributed by atoms with Crippen molar-refractivity contribution >= 4 is 11.3 Å². The SMILES string of the molecule is CC(N)CCCC(C)CN(Cc1ccsc1)C1CC1. The van der Waals surface area contributed by atoms with Gasteiger partial charge < -0.3 is 5.73 Å². The molecule has 1 aromatic rings. The van der Waals surface area contributed by atoms with Gasteiger partial charge in [0.2, 0.25) is 0 Å². The zero-order valence-electron chi connectivity index (χ0n) is 12.3. The largest absolute Gasteiger partial charge is 0.328 e. The fourth-order valence-electron chi connectivity index (χ4n) is 2.68. The summed E-state index contributed by atoms with van der Waals surface area (Å²) in [5, 5.41) is 4.47. The lowest BCUT2D eigenvalue weighted by Gasteiger charge is -2.25. The fraction of sp³-hybridized carbons (Fsp3) is 0.750. The van der Waals surface area contributed by atoms with E-state index in [1.165, 1.54) is 37.8 Å². The third-order valence-corrected chi connectivity index (χ3v) is 4.66. The Morgan fingerprint density at radius 1 is 1.37 bits per heavy atom. The van der Waals surface area contributed by atoms with E-state index in [1.807, 2.05) is 11.3 Å². The Kier molecular flexibility index (Phi) is 5.86. The van der Waals surface area contributed by atoms with E-state index in [1.54, 1.807) is 0 Å². The molecule has 1 heterocycles. The second-order valence-corrected chi connectivity index (χ2v) is 7.09.